The van der Waals surface area contributed by atoms with Gasteiger partial charge < -0.3 is 20.8 Å². The van der Waals surface area contributed by atoms with Gasteiger partial charge in [-0.15, -0.1) is 0 Å². The van der Waals surface area contributed by atoms with Crippen molar-refractivity contribution in [3.05, 3.63) is 60.3 Å². The number of carbonyl (C=O) groups is 1. The molecular formula is C19H21N3O2. The zero-order valence-electron chi connectivity index (χ0n) is 13.6. The Kier molecular flexibility index (Phi) is 4.82. The predicted molar refractivity (Wildman–Crippen MR) is 96.2 cm³/mol. The molecule has 0 aliphatic rings. The van der Waals surface area contributed by atoms with E-state index in [2.05, 4.69) is 10.3 Å². The first kappa shape index (κ1) is 16.1. The van der Waals surface area contributed by atoms with Gasteiger partial charge in [-0.1, -0.05) is 18.2 Å². The second-order valence-electron chi connectivity index (χ2n) is 5.62. The van der Waals surface area contributed by atoms with E-state index in [9.17, 15) is 4.79 Å². The number of amides is 1. The van der Waals surface area contributed by atoms with Crippen molar-refractivity contribution in [2.24, 2.45) is 5.73 Å². The molecule has 5 heteroatoms. The van der Waals surface area contributed by atoms with Gasteiger partial charge in [0.25, 0.3) is 0 Å². The molecule has 0 bridgehead atoms. The van der Waals surface area contributed by atoms with E-state index in [1.807, 2.05) is 49.5 Å². The molecule has 1 amide bonds. The van der Waals surface area contributed by atoms with Gasteiger partial charge in [-0.2, -0.15) is 0 Å². The fourth-order valence-electron chi connectivity index (χ4n) is 2.67. The molecule has 24 heavy (non-hydrogen) atoms. The first-order valence-electron chi connectivity index (χ1n) is 8.01. The standard InChI is InChI=1S/C19H21N3O2/c1-2-24-15-9-7-14(8-10-15)22-19(23)17(20)11-13-12-21-18-6-4-3-5-16(13)18/h3-10,12,17,21H,2,11,20H2,1H3,(H,22,23). The fraction of sp³-hybridized carbons (Fsp3) is 0.211. The van der Waals surface area contributed by atoms with E-state index < -0.39 is 6.04 Å². The summed E-state index contributed by atoms with van der Waals surface area (Å²) in [7, 11) is 0. The minimum atomic E-state index is -0.615. The first-order valence-corrected chi connectivity index (χ1v) is 8.01. The van der Waals surface area contributed by atoms with Gasteiger partial charge in [0, 0.05) is 22.8 Å². The van der Waals surface area contributed by atoms with E-state index in [1.54, 1.807) is 12.1 Å². The van der Waals surface area contributed by atoms with Crippen LogP contribution in [0.4, 0.5) is 5.69 Å². The maximum absolute atomic E-state index is 12.3. The highest BCUT2D eigenvalue weighted by Crippen LogP contribution is 2.19. The SMILES string of the molecule is CCOc1ccc(NC(=O)C(N)Cc2c[nH]c3ccccc23)cc1. The highest BCUT2D eigenvalue weighted by atomic mass is 16.5. The predicted octanol–water partition coefficient (Wildman–Crippen LogP) is 3.08. The molecule has 5 nitrogen and oxygen atoms in total. The Balaban J connectivity index is 1.64. The summed E-state index contributed by atoms with van der Waals surface area (Å²) < 4.78 is 5.38. The second-order valence-corrected chi connectivity index (χ2v) is 5.62. The van der Waals surface area contributed by atoms with Crippen molar-refractivity contribution in [2.45, 2.75) is 19.4 Å². The van der Waals surface area contributed by atoms with Gasteiger partial charge in [0.15, 0.2) is 0 Å². The van der Waals surface area contributed by atoms with Crippen LogP contribution in [0.1, 0.15) is 12.5 Å². The number of hydrogen-bond donors (Lipinski definition) is 3. The van der Waals surface area contributed by atoms with Crippen molar-refractivity contribution in [3.8, 4) is 5.75 Å². The Morgan fingerprint density at radius 3 is 2.71 bits per heavy atom. The minimum absolute atomic E-state index is 0.204. The van der Waals surface area contributed by atoms with Crippen molar-refractivity contribution in [3.63, 3.8) is 0 Å². The molecule has 1 unspecified atom stereocenters. The van der Waals surface area contributed by atoms with Crippen LogP contribution in [0.15, 0.2) is 54.7 Å². The molecule has 1 aromatic heterocycles. The van der Waals surface area contributed by atoms with Crippen LogP contribution in [-0.4, -0.2) is 23.5 Å². The van der Waals surface area contributed by atoms with Gasteiger partial charge in [-0.3, -0.25) is 4.79 Å². The molecule has 3 rings (SSSR count). The van der Waals surface area contributed by atoms with Crippen molar-refractivity contribution in [1.82, 2.24) is 4.98 Å². The summed E-state index contributed by atoms with van der Waals surface area (Å²) in [6, 6.07) is 14.6. The molecule has 124 valence electrons. The summed E-state index contributed by atoms with van der Waals surface area (Å²) >= 11 is 0. The summed E-state index contributed by atoms with van der Waals surface area (Å²) in [5.41, 5.74) is 8.87. The number of aromatic amines is 1. The average Bonchev–Trinajstić information content (AvgIpc) is 3.00. The monoisotopic (exact) mass is 323 g/mol. The molecule has 0 saturated carbocycles. The maximum Gasteiger partial charge on any atom is 0.241 e. The van der Waals surface area contributed by atoms with Crippen LogP contribution in [0.25, 0.3) is 10.9 Å². The van der Waals surface area contributed by atoms with Gasteiger partial charge in [-0.25, -0.2) is 0 Å². The van der Waals surface area contributed by atoms with E-state index in [-0.39, 0.29) is 5.91 Å². The molecule has 1 atom stereocenters. The fourth-order valence-corrected chi connectivity index (χ4v) is 2.67. The highest BCUT2D eigenvalue weighted by molar-refractivity contribution is 5.95. The van der Waals surface area contributed by atoms with Crippen LogP contribution < -0.4 is 15.8 Å². The molecule has 0 spiro atoms. The molecule has 0 fully saturated rings. The molecule has 2 aromatic carbocycles. The van der Waals surface area contributed by atoms with Crippen LogP contribution in [0.2, 0.25) is 0 Å². The van der Waals surface area contributed by atoms with Crippen LogP contribution >= 0.6 is 0 Å². The Morgan fingerprint density at radius 1 is 1.21 bits per heavy atom. The second kappa shape index (κ2) is 7.19. The lowest BCUT2D eigenvalue weighted by molar-refractivity contribution is -0.117. The lowest BCUT2D eigenvalue weighted by Gasteiger charge is -2.12. The number of para-hydroxylation sites is 1. The van der Waals surface area contributed by atoms with Gasteiger partial charge in [0.05, 0.1) is 12.6 Å². The maximum atomic E-state index is 12.3. The summed E-state index contributed by atoms with van der Waals surface area (Å²) in [6.07, 6.45) is 2.39. The number of H-pyrrole nitrogens is 1. The van der Waals surface area contributed by atoms with Crippen LogP contribution in [-0.2, 0) is 11.2 Å². The quantitative estimate of drug-likeness (QED) is 0.652. The minimum Gasteiger partial charge on any atom is -0.494 e. The number of nitrogens with one attached hydrogen (secondary N) is 2. The summed E-state index contributed by atoms with van der Waals surface area (Å²) in [5, 5.41) is 3.94. The van der Waals surface area contributed by atoms with Crippen molar-refractivity contribution in [2.75, 3.05) is 11.9 Å². The Labute approximate surface area is 140 Å². The first-order chi connectivity index (χ1) is 11.7. The summed E-state index contributed by atoms with van der Waals surface area (Å²) in [5.74, 6) is 0.572. The van der Waals surface area contributed by atoms with Crippen molar-refractivity contribution < 1.29 is 9.53 Å². The molecule has 4 N–H and O–H groups in total. The number of ether oxygens (including phenoxy) is 1. The normalized spacial score (nSPS) is 12.1. The number of hydrogen-bond acceptors (Lipinski definition) is 3. The smallest absolute Gasteiger partial charge is 0.241 e. The lowest BCUT2D eigenvalue weighted by atomic mass is 10.0. The zero-order valence-corrected chi connectivity index (χ0v) is 13.6. The van der Waals surface area contributed by atoms with Gasteiger partial charge in [-0.05, 0) is 49.2 Å². The van der Waals surface area contributed by atoms with Crippen molar-refractivity contribution >= 4 is 22.5 Å². The third-order valence-electron chi connectivity index (χ3n) is 3.88. The van der Waals surface area contributed by atoms with Crippen LogP contribution in [0.5, 0.6) is 5.75 Å². The third-order valence-corrected chi connectivity index (χ3v) is 3.88. The van der Waals surface area contributed by atoms with Gasteiger partial charge in [0.1, 0.15) is 5.75 Å². The van der Waals surface area contributed by atoms with Crippen LogP contribution in [0.3, 0.4) is 0 Å². The van der Waals surface area contributed by atoms with E-state index in [0.717, 1.165) is 22.2 Å². The molecule has 0 aliphatic heterocycles. The molecule has 1 heterocycles. The van der Waals surface area contributed by atoms with E-state index in [4.69, 9.17) is 10.5 Å². The molecule has 3 aromatic rings. The lowest BCUT2D eigenvalue weighted by Crippen LogP contribution is -2.37. The molecule has 0 aliphatic carbocycles. The molecule has 0 radical (unpaired) electrons. The Bertz CT molecular complexity index is 824. The number of carbonyl (C=O) groups excluding carboxylic acids is 1. The number of fused-ring (bicyclic) bond motifs is 1. The van der Waals surface area contributed by atoms with Crippen LogP contribution in [0, 0.1) is 0 Å². The Hall–Kier alpha value is -2.79. The van der Waals surface area contributed by atoms with E-state index >= 15 is 0 Å². The number of nitrogens with two attached hydrogens (primary N) is 1. The highest BCUT2D eigenvalue weighted by Gasteiger charge is 2.16. The van der Waals surface area contributed by atoms with Gasteiger partial charge in [0.2, 0.25) is 5.91 Å². The number of anilines is 1. The topological polar surface area (TPSA) is 80.1 Å². The summed E-state index contributed by atoms with van der Waals surface area (Å²) in [6.45, 7) is 2.54. The summed E-state index contributed by atoms with van der Waals surface area (Å²) in [4.78, 5) is 15.5. The van der Waals surface area contributed by atoms with Crippen molar-refractivity contribution in [1.29, 1.82) is 0 Å². The number of benzene rings is 2. The van der Waals surface area contributed by atoms with Gasteiger partial charge >= 0.3 is 0 Å². The average molecular weight is 323 g/mol. The molecular weight excluding hydrogens is 302 g/mol. The Morgan fingerprint density at radius 2 is 1.96 bits per heavy atom. The number of rotatable bonds is 6. The number of aromatic nitrogens is 1. The third kappa shape index (κ3) is 3.58. The van der Waals surface area contributed by atoms with E-state index in [1.165, 1.54) is 0 Å². The largest absolute Gasteiger partial charge is 0.494 e. The zero-order chi connectivity index (χ0) is 16.9. The molecule has 0 saturated heterocycles. The van der Waals surface area contributed by atoms with E-state index in [0.29, 0.717) is 18.7 Å².